The molecule has 9 aromatic rings. The highest BCUT2D eigenvalue weighted by atomic mass is 32.1. The summed E-state index contributed by atoms with van der Waals surface area (Å²) >= 11 is 3.83. The van der Waals surface area contributed by atoms with Crippen LogP contribution in [-0.2, 0) is 6.42 Å². The second-order valence-electron chi connectivity index (χ2n) is 13.3. The van der Waals surface area contributed by atoms with Crippen LogP contribution in [-0.4, -0.2) is 0 Å². The molecule has 2 nitrogen and oxygen atoms in total. The summed E-state index contributed by atoms with van der Waals surface area (Å²) in [5, 5.41) is 3.96. The first-order chi connectivity index (χ1) is 25.8. The Kier molecular flexibility index (Phi) is 7.71. The van der Waals surface area contributed by atoms with Crippen LogP contribution in [0.25, 0.3) is 41.9 Å². The molecule has 0 radical (unpaired) electrons. The van der Waals surface area contributed by atoms with E-state index in [9.17, 15) is 0 Å². The third kappa shape index (κ3) is 5.48. The molecule has 0 amide bonds. The summed E-state index contributed by atoms with van der Waals surface area (Å²) in [6.45, 7) is 0. The van der Waals surface area contributed by atoms with Gasteiger partial charge in [0.15, 0.2) is 0 Å². The third-order valence-corrected chi connectivity index (χ3v) is 12.5. The highest BCUT2D eigenvalue weighted by Crippen LogP contribution is 2.45. The molecule has 4 heteroatoms. The normalized spacial score (nSPS) is 12.6. The van der Waals surface area contributed by atoms with E-state index in [0.717, 1.165) is 41.3 Å². The SMILES string of the molecule is C1=C(c2ccc3sc4ccc(N(c5ccccc5)c5ccccc5)cc4c3c2)CCc2sc3ccc(N(c4ccccc4)c4ccccc4)cc3c21. The van der Waals surface area contributed by atoms with E-state index in [2.05, 4.69) is 192 Å². The molecule has 0 bridgehead atoms. The molecule has 1 aliphatic rings. The first kappa shape index (κ1) is 30.8. The first-order valence-corrected chi connectivity index (χ1v) is 19.4. The van der Waals surface area contributed by atoms with Gasteiger partial charge in [0, 0.05) is 69.3 Å². The summed E-state index contributed by atoms with van der Waals surface area (Å²) in [4.78, 5) is 6.19. The molecule has 10 rings (SSSR count). The highest BCUT2D eigenvalue weighted by molar-refractivity contribution is 7.25. The number of para-hydroxylation sites is 4. The lowest BCUT2D eigenvalue weighted by molar-refractivity contribution is 1.03. The second-order valence-corrected chi connectivity index (χ2v) is 15.5. The van der Waals surface area contributed by atoms with Gasteiger partial charge in [0.05, 0.1) is 0 Å². The molecule has 248 valence electrons. The summed E-state index contributed by atoms with van der Waals surface area (Å²) in [6.07, 6.45) is 4.58. The summed E-state index contributed by atoms with van der Waals surface area (Å²) < 4.78 is 3.99. The van der Waals surface area contributed by atoms with Gasteiger partial charge in [-0.15, -0.1) is 22.7 Å². The van der Waals surface area contributed by atoms with E-state index >= 15 is 0 Å². The molecular weight excluding hydrogens is 669 g/mol. The molecule has 1 aliphatic carbocycles. The van der Waals surface area contributed by atoms with Gasteiger partial charge >= 0.3 is 0 Å². The van der Waals surface area contributed by atoms with Crippen LogP contribution in [0, 0.1) is 0 Å². The molecule has 0 atom stereocenters. The Morgan fingerprint density at radius 1 is 0.365 bits per heavy atom. The number of hydrogen-bond acceptors (Lipinski definition) is 4. The van der Waals surface area contributed by atoms with Crippen molar-refractivity contribution in [2.75, 3.05) is 9.80 Å². The van der Waals surface area contributed by atoms with E-state index in [1.807, 2.05) is 22.7 Å². The molecule has 52 heavy (non-hydrogen) atoms. The van der Waals surface area contributed by atoms with Gasteiger partial charge in [0.1, 0.15) is 0 Å². The van der Waals surface area contributed by atoms with Gasteiger partial charge in [-0.2, -0.15) is 0 Å². The number of rotatable bonds is 7. The van der Waals surface area contributed by atoms with Gasteiger partial charge in [0.25, 0.3) is 0 Å². The standard InChI is InChI=1S/C48H34N2S2/c1-5-13-35(14-6-1)49(36-15-7-2-8-16-36)39-23-27-47-43(31-39)41-29-33(21-25-45(41)51-47)34-22-26-46-42(30-34)44-32-40(24-28-48(44)52-46)50(37-17-9-3-10-18-37)38-19-11-4-12-20-38/h1-21,23-25,27-32H,22,26H2. The summed E-state index contributed by atoms with van der Waals surface area (Å²) in [7, 11) is 0. The minimum atomic E-state index is 1.04. The monoisotopic (exact) mass is 702 g/mol. The molecule has 0 saturated heterocycles. The van der Waals surface area contributed by atoms with Crippen molar-refractivity contribution in [3.8, 4) is 0 Å². The van der Waals surface area contributed by atoms with Gasteiger partial charge < -0.3 is 9.80 Å². The number of hydrogen-bond donors (Lipinski definition) is 0. The Balaban J connectivity index is 1.06. The molecule has 0 fully saturated rings. The van der Waals surface area contributed by atoms with Gasteiger partial charge in [-0.25, -0.2) is 0 Å². The molecule has 0 saturated carbocycles. The molecule has 2 aromatic heterocycles. The predicted octanol–water partition coefficient (Wildman–Crippen LogP) is 14.7. The van der Waals surface area contributed by atoms with E-state index in [1.54, 1.807) is 0 Å². The van der Waals surface area contributed by atoms with Crippen molar-refractivity contribution in [3.05, 3.63) is 192 Å². The lowest BCUT2D eigenvalue weighted by Crippen LogP contribution is -2.09. The van der Waals surface area contributed by atoms with Crippen molar-refractivity contribution < 1.29 is 0 Å². The minimum Gasteiger partial charge on any atom is -0.310 e. The van der Waals surface area contributed by atoms with Gasteiger partial charge in [-0.05, 0) is 133 Å². The fraction of sp³-hybridized carbons (Fsp3) is 0.0417. The number of nitrogens with zero attached hydrogens (tertiary/aromatic N) is 2. The quantitative estimate of drug-likeness (QED) is 0.163. The maximum absolute atomic E-state index is 2.48. The summed E-state index contributed by atoms with van der Waals surface area (Å²) in [5.41, 5.74) is 11.1. The third-order valence-electron chi connectivity index (χ3n) is 10.1. The zero-order valence-electron chi connectivity index (χ0n) is 28.4. The zero-order chi connectivity index (χ0) is 34.4. The topological polar surface area (TPSA) is 6.48 Å². The Morgan fingerprint density at radius 2 is 0.808 bits per heavy atom. The maximum Gasteiger partial charge on any atom is 0.0468 e. The largest absolute Gasteiger partial charge is 0.310 e. The fourth-order valence-electron chi connectivity index (χ4n) is 7.67. The van der Waals surface area contributed by atoms with Crippen molar-refractivity contribution in [1.29, 1.82) is 0 Å². The van der Waals surface area contributed by atoms with Crippen molar-refractivity contribution in [1.82, 2.24) is 0 Å². The van der Waals surface area contributed by atoms with Crippen LogP contribution < -0.4 is 9.80 Å². The smallest absolute Gasteiger partial charge is 0.0468 e. The molecule has 0 N–H and O–H groups in total. The summed E-state index contributed by atoms with van der Waals surface area (Å²) in [6, 6.07) is 63.7. The van der Waals surface area contributed by atoms with Crippen LogP contribution in [0.4, 0.5) is 34.1 Å². The van der Waals surface area contributed by atoms with Crippen LogP contribution in [0.15, 0.2) is 176 Å². The van der Waals surface area contributed by atoms with Gasteiger partial charge in [-0.3, -0.25) is 0 Å². The Hall–Kier alpha value is -5.94. The van der Waals surface area contributed by atoms with Gasteiger partial charge in [-0.1, -0.05) is 78.9 Å². The van der Waals surface area contributed by atoms with E-state index in [0.29, 0.717) is 0 Å². The lowest BCUT2D eigenvalue weighted by atomic mass is 9.91. The lowest BCUT2D eigenvalue weighted by Gasteiger charge is -2.25. The van der Waals surface area contributed by atoms with Gasteiger partial charge in [0.2, 0.25) is 0 Å². The number of anilines is 6. The van der Waals surface area contributed by atoms with Crippen LogP contribution in [0.3, 0.4) is 0 Å². The highest BCUT2D eigenvalue weighted by Gasteiger charge is 2.21. The number of thiophene rings is 2. The van der Waals surface area contributed by atoms with E-state index in [-0.39, 0.29) is 0 Å². The second kappa shape index (κ2) is 13.0. The molecule has 0 unspecified atom stereocenters. The first-order valence-electron chi connectivity index (χ1n) is 17.8. The fourth-order valence-corrected chi connectivity index (χ4v) is 9.90. The molecule has 2 heterocycles. The maximum atomic E-state index is 2.48. The Morgan fingerprint density at radius 3 is 1.33 bits per heavy atom. The van der Waals surface area contributed by atoms with Crippen LogP contribution in [0.1, 0.15) is 22.4 Å². The van der Waals surface area contributed by atoms with E-state index < -0.39 is 0 Å². The Labute approximate surface area is 311 Å². The molecule has 0 aliphatic heterocycles. The average molecular weight is 703 g/mol. The zero-order valence-corrected chi connectivity index (χ0v) is 30.1. The van der Waals surface area contributed by atoms with Crippen LogP contribution in [0.2, 0.25) is 0 Å². The van der Waals surface area contributed by atoms with Crippen molar-refractivity contribution in [2.24, 2.45) is 0 Å². The van der Waals surface area contributed by atoms with E-state index in [1.165, 1.54) is 57.5 Å². The summed E-state index contributed by atoms with van der Waals surface area (Å²) in [5.74, 6) is 0. The molecule has 7 aromatic carbocycles. The average Bonchev–Trinajstić information content (AvgIpc) is 3.77. The van der Waals surface area contributed by atoms with Crippen molar-refractivity contribution in [3.63, 3.8) is 0 Å². The van der Waals surface area contributed by atoms with Crippen molar-refractivity contribution in [2.45, 2.75) is 12.8 Å². The number of fused-ring (bicyclic) bond motifs is 6. The molecular formula is C48H34N2S2. The molecule has 0 spiro atoms. The number of aryl methyl sites for hydroxylation is 1. The minimum absolute atomic E-state index is 1.04. The predicted molar refractivity (Wildman–Crippen MR) is 227 cm³/mol. The Bertz CT molecular complexity index is 2650. The van der Waals surface area contributed by atoms with Crippen molar-refractivity contribution >= 4 is 98.7 Å². The van der Waals surface area contributed by atoms with E-state index in [4.69, 9.17) is 0 Å². The van der Waals surface area contributed by atoms with Crippen LogP contribution >= 0.6 is 22.7 Å². The number of benzene rings is 7. The number of allylic oxidation sites excluding steroid dienone is 1. The van der Waals surface area contributed by atoms with Crippen LogP contribution in [0.5, 0.6) is 0 Å².